The summed E-state index contributed by atoms with van der Waals surface area (Å²) in [6.07, 6.45) is 5.84. The number of hydrogen-bond acceptors (Lipinski definition) is 4. The average Bonchev–Trinajstić information content (AvgIpc) is 2.86. The Morgan fingerprint density at radius 3 is 3.08 bits per heavy atom. The van der Waals surface area contributed by atoms with E-state index in [4.69, 9.17) is 5.73 Å². The van der Waals surface area contributed by atoms with Gasteiger partial charge in [0.15, 0.2) is 0 Å². The predicted molar refractivity (Wildman–Crippen MR) is 47.7 cm³/mol. The zero-order valence-corrected chi connectivity index (χ0v) is 6.83. The first-order valence-electron chi connectivity index (χ1n) is 4.15. The monoisotopic (exact) mass is 164 g/mol. The van der Waals surface area contributed by atoms with Crippen LogP contribution in [0.3, 0.4) is 0 Å². The molecule has 0 bridgehead atoms. The van der Waals surface area contributed by atoms with Crippen LogP contribution in [0.25, 0.3) is 0 Å². The van der Waals surface area contributed by atoms with Gasteiger partial charge in [-0.2, -0.15) is 0 Å². The Labute approximate surface area is 71.2 Å². The molecule has 1 heterocycles. The van der Waals surface area contributed by atoms with Crippen molar-refractivity contribution in [2.45, 2.75) is 12.8 Å². The lowest BCUT2D eigenvalue weighted by Gasteiger charge is -2.05. The molecule has 12 heavy (non-hydrogen) atoms. The summed E-state index contributed by atoms with van der Waals surface area (Å²) in [6, 6.07) is 0. The largest absolute Gasteiger partial charge is 0.382 e. The normalized spacial score (nSPS) is 16.0. The van der Waals surface area contributed by atoms with Gasteiger partial charge in [0.2, 0.25) is 0 Å². The second-order valence-electron chi connectivity index (χ2n) is 3.15. The minimum Gasteiger partial charge on any atom is -0.382 e. The van der Waals surface area contributed by atoms with Crippen molar-refractivity contribution < 1.29 is 0 Å². The molecule has 64 valence electrons. The second kappa shape index (κ2) is 2.97. The van der Waals surface area contributed by atoms with Gasteiger partial charge < -0.3 is 11.1 Å². The molecule has 0 unspecified atom stereocenters. The van der Waals surface area contributed by atoms with E-state index in [9.17, 15) is 0 Å². The number of nitrogens with two attached hydrogens (primary N) is 1. The second-order valence-corrected chi connectivity index (χ2v) is 3.15. The predicted octanol–water partition coefficient (Wildman–Crippen LogP) is 0.881. The summed E-state index contributed by atoms with van der Waals surface area (Å²) in [7, 11) is 0. The van der Waals surface area contributed by atoms with Crippen molar-refractivity contribution in [1.82, 2.24) is 9.97 Å². The van der Waals surface area contributed by atoms with Gasteiger partial charge >= 0.3 is 0 Å². The topological polar surface area (TPSA) is 63.8 Å². The molecule has 4 heteroatoms. The van der Waals surface area contributed by atoms with Crippen LogP contribution in [-0.4, -0.2) is 16.5 Å². The van der Waals surface area contributed by atoms with Crippen molar-refractivity contribution >= 4 is 11.5 Å². The molecule has 1 aliphatic carbocycles. The fourth-order valence-corrected chi connectivity index (χ4v) is 1.05. The van der Waals surface area contributed by atoms with Crippen LogP contribution in [0.2, 0.25) is 0 Å². The molecular weight excluding hydrogens is 152 g/mol. The van der Waals surface area contributed by atoms with Gasteiger partial charge in [-0.05, 0) is 18.8 Å². The van der Waals surface area contributed by atoms with Gasteiger partial charge in [-0.1, -0.05) is 0 Å². The zero-order chi connectivity index (χ0) is 8.39. The summed E-state index contributed by atoms with van der Waals surface area (Å²) in [6.45, 7) is 0.998. The van der Waals surface area contributed by atoms with Crippen molar-refractivity contribution in [1.29, 1.82) is 0 Å². The molecule has 0 radical (unpaired) electrons. The molecule has 2 rings (SSSR count). The quantitative estimate of drug-likeness (QED) is 0.696. The third kappa shape index (κ3) is 1.64. The Balaban J connectivity index is 1.96. The molecule has 1 aromatic rings. The minimum atomic E-state index is 0.533. The van der Waals surface area contributed by atoms with Gasteiger partial charge in [-0.25, -0.2) is 9.97 Å². The molecule has 3 N–H and O–H groups in total. The third-order valence-electron chi connectivity index (χ3n) is 2.02. The molecule has 1 fully saturated rings. The molecule has 4 nitrogen and oxygen atoms in total. The van der Waals surface area contributed by atoms with E-state index >= 15 is 0 Å². The fourth-order valence-electron chi connectivity index (χ4n) is 1.05. The Morgan fingerprint density at radius 2 is 2.42 bits per heavy atom. The maximum atomic E-state index is 5.61. The summed E-state index contributed by atoms with van der Waals surface area (Å²) in [4.78, 5) is 7.77. The molecule has 1 saturated carbocycles. The van der Waals surface area contributed by atoms with Gasteiger partial charge in [0.25, 0.3) is 0 Å². The van der Waals surface area contributed by atoms with Crippen LogP contribution in [0, 0.1) is 5.92 Å². The molecule has 0 amide bonds. The van der Waals surface area contributed by atoms with Crippen LogP contribution in [0.15, 0.2) is 12.5 Å². The molecule has 1 aromatic heterocycles. The number of nitrogens with one attached hydrogen (secondary N) is 1. The lowest BCUT2D eigenvalue weighted by Crippen LogP contribution is -2.06. The Bertz CT molecular complexity index is 270. The first kappa shape index (κ1) is 7.34. The van der Waals surface area contributed by atoms with Crippen LogP contribution >= 0.6 is 0 Å². The van der Waals surface area contributed by atoms with E-state index in [0.717, 1.165) is 18.2 Å². The highest BCUT2D eigenvalue weighted by atomic mass is 15.0. The van der Waals surface area contributed by atoms with Gasteiger partial charge in [0.05, 0.1) is 11.9 Å². The number of aromatic nitrogens is 2. The van der Waals surface area contributed by atoms with Crippen LogP contribution in [0.5, 0.6) is 0 Å². The minimum absolute atomic E-state index is 0.533. The maximum Gasteiger partial charge on any atom is 0.150 e. The first-order valence-corrected chi connectivity index (χ1v) is 4.15. The molecule has 0 spiro atoms. The molecule has 0 atom stereocenters. The summed E-state index contributed by atoms with van der Waals surface area (Å²) in [5, 5.41) is 3.22. The highest BCUT2D eigenvalue weighted by Gasteiger charge is 2.20. The van der Waals surface area contributed by atoms with Crippen LogP contribution in [-0.2, 0) is 0 Å². The van der Waals surface area contributed by atoms with E-state index in [0.29, 0.717) is 5.82 Å². The van der Waals surface area contributed by atoms with Gasteiger partial charge in [0, 0.05) is 6.54 Å². The van der Waals surface area contributed by atoms with Crippen molar-refractivity contribution in [3.05, 3.63) is 12.5 Å². The lowest BCUT2D eigenvalue weighted by atomic mass is 10.4. The van der Waals surface area contributed by atoms with Gasteiger partial charge in [0.1, 0.15) is 12.1 Å². The molecular formula is C8H12N4. The highest BCUT2D eigenvalue weighted by molar-refractivity contribution is 5.59. The molecule has 0 aromatic carbocycles. The van der Waals surface area contributed by atoms with Crippen LogP contribution in [0.4, 0.5) is 11.5 Å². The zero-order valence-electron chi connectivity index (χ0n) is 6.83. The van der Waals surface area contributed by atoms with Gasteiger partial charge in [-0.3, -0.25) is 0 Å². The van der Waals surface area contributed by atoms with E-state index < -0.39 is 0 Å². The molecule has 0 saturated heterocycles. The lowest BCUT2D eigenvalue weighted by molar-refractivity contribution is 0.887. The number of rotatable bonds is 3. The van der Waals surface area contributed by atoms with Crippen molar-refractivity contribution in [2.24, 2.45) is 5.92 Å². The Kier molecular flexibility index (Phi) is 1.81. The van der Waals surface area contributed by atoms with Crippen molar-refractivity contribution in [3.63, 3.8) is 0 Å². The molecule has 1 aliphatic rings. The number of nitrogens with zero attached hydrogens (tertiary/aromatic N) is 2. The number of nitrogen functional groups attached to an aromatic ring is 1. The van der Waals surface area contributed by atoms with Gasteiger partial charge in [-0.15, -0.1) is 0 Å². The summed E-state index contributed by atoms with van der Waals surface area (Å²) >= 11 is 0. The maximum absolute atomic E-state index is 5.61. The van der Waals surface area contributed by atoms with E-state index in [1.165, 1.54) is 19.2 Å². The molecule has 0 aliphatic heterocycles. The number of anilines is 2. The highest BCUT2D eigenvalue weighted by Crippen LogP contribution is 2.29. The van der Waals surface area contributed by atoms with E-state index in [2.05, 4.69) is 15.3 Å². The van der Waals surface area contributed by atoms with E-state index in [1.807, 2.05) is 0 Å². The summed E-state index contributed by atoms with van der Waals surface area (Å²) < 4.78 is 0. The van der Waals surface area contributed by atoms with E-state index in [-0.39, 0.29) is 0 Å². The Morgan fingerprint density at radius 1 is 1.58 bits per heavy atom. The SMILES string of the molecule is Nc1ncncc1NCC1CC1. The first-order chi connectivity index (χ1) is 5.86. The van der Waals surface area contributed by atoms with E-state index in [1.54, 1.807) is 6.20 Å². The smallest absolute Gasteiger partial charge is 0.150 e. The fraction of sp³-hybridized carbons (Fsp3) is 0.500. The van der Waals surface area contributed by atoms with Crippen LogP contribution < -0.4 is 11.1 Å². The van der Waals surface area contributed by atoms with Crippen molar-refractivity contribution in [3.8, 4) is 0 Å². The average molecular weight is 164 g/mol. The van der Waals surface area contributed by atoms with Crippen LogP contribution in [0.1, 0.15) is 12.8 Å². The summed E-state index contributed by atoms with van der Waals surface area (Å²) in [5.41, 5.74) is 6.46. The third-order valence-corrected chi connectivity index (χ3v) is 2.02. The standard InChI is InChI=1S/C8H12N4/c9-8-7(4-10-5-12-8)11-3-6-1-2-6/h4-6,11H,1-3H2,(H2,9,10,12). The van der Waals surface area contributed by atoms with Crippen molar-refractivity contribution in [2.75, 3.05) is 17.6 Å². The number of hydrogen-bond donors (Lipinski definition) is 2. The Hall–Kier alpha value is -1.32. The summed E-state index contributed by atoms with van der Waals surface area (Å²) in [5.74, 6) is 1.37.